The number of carboxylic acids is 1. The van der Waals surface area contributed by atoms with Gasteiger partial charge in [0.2, 0.25) is 0 Å². The highest BCUT2D eigenvalue weighted by Crippen LogP contribution is 2.40. The van der Waals surface area contributed by atoms with E-state index in [4.69, 9.17) is 4.74 Å². The van der Waals surface area contributed by atoms with Crippen LogP contribution >= 0.6 is 0 Å². The first-order chi connectivity index (χ1) is 14.0. The number of carbonyl (C=O) groups is 1. The molecule has 0 bridgehead atoms. The number of pyridine rings is 1. The van der Waals surface area contributed by atoms with E-state index in [-0.39, 0.29) is 5.56 Å². The van der Waals surface area contributed by atoms with Crippen molar-refractivity contribution in [1.82, 2.24) is 4.98 Å². The molecular formula is C24H30N2O3. The number of nitrogens with one attached hydrogen (secondary N) is 1. The van der Waals surface area contributed by atoms with Crippen LogP contribution in [0.2, 0.25) is 0 Å². The fraction of sp³-hybridized carbons (Fsp3) is 0.417. The Morgan fingerprint density at radius 2 is 2.14 bits per heavy atom. The summed E-state index contributed by atoms with van der Waals surface area (Å²) in [6.07, 6.45) is 9.98. The van der Waals surface area contributed by atoms with Gasteiger partial charge in [-0.1, -0.05) is 12.2 Å². The minimum Gasteiger partial charge on any atom is -0.478 e. The summed E-state index contributed by atoms with van der Waals surface area (Å²) in [5, 5.41) is 12.9. The lowest BCUT2D eigenvalue weighted by Crippen LogP contribution is -2.07. The summed E-state index contributed by atoms with van der Waals surface area (Å²) in [6.45, 7) is 7.59. The van der Waals surface area contributed by atoms with Gasteiger partial charge >= 0.3 is 5.97 Å². The number of benzene rings is 1. The number of aromatic nitrogens is 1. The predicted octanol–water partition coefficient (Wildman–Crippen LogP) is 5.71. The number of anilines is 2. The van der Waals surface area contributed by atoms with E-state index in [9.17, 15) is 9.90 Å². The number of aryl methyl sites for hydroxylation is 1. The third-order valence-electron chi connectivity index (χ3n) is 5.29. The van der Waals surface area contributed by atoms with E-state index in [1.165, 1.54) is 11.1 Å². The molecule has 1 heterocycles. The molecule has 5 nitrogen and oxygen atoms in total. The van der Waals surface area contributed by atoms with Gasteiger partial charge in [-0.25, -0.2) is 9.78 Å². The molecule has 0 atom stereocenters. The lowest BCUT2D eigenvalue weighted by Gasteiger charge is -2.15. The number of aromatic carboxylic acids is 1. The summed E-state index contributed by atoms with van der Waals surface area (Å²) >= 11 is 0. The van der Waals surface area contributed by atoms with Crippen molar-refractivity contribution in [1.29, 1.82) is 0 Å². The maximum absolute atomic E-state index is 11.8. The first kappa shape index (κ1) is 21.1. The van der Waals surface area contributed by atoms with Gasteiger partial charge in [0.05, 0.1) is 0 Å². The zero-order chi connectivity index (χ0) is 20.8. The number of rotatable bonds is 10. The highest BCUT2D eigenvalue weighted by molar-refractivity contribution is 5.94. The van der Waals surface area contributed by atoms with Crippen LogP contribution in [-0.2, 0) is 11.2 Å². The van der Waals surface area contributed by atoms with Gasteiger partial charge in [0.1, 0.15) is 11.4 Å². The first-order valence-corrected chi connectivity index (χ1v) is 10.4. The monoisotopic (exact) mass is 394 g/mol. The number of carboxylic acid groups (broad SMARTS) is 1. The second-order valence-corrected chi connectivity index (χ2v) is 7.52. The maximum atomic E-state index is 11.8. The fourth-order valence-electron chi connectivity index (χ4n) is 3.51. The lowest BCUT2D eigenvalue weighted by molar-refractivity contribution is 0.0697. The van der Waals surface area contributed by atoms with Crippen LogP contribution in [0, 0.1) is 6.92 Å². The number of hydrogen-bond donors (Lipinski definition) is 2. The Hall–Kier alpha value is -2.66. The Kier molecular flexibility index (Phi) is 7.04. The Balaban J connectivity index is 1.89. The van der Waals surface area contributed by atoms with E-state index in [0.717, 1.165) is 55.7 Å². The standard InChI is InChI=1S/C24H30N2O3/c1-4-7-18-12-21(13-19(16(18)3)8-6-11-29-5-2)26-23-22(24(27)28)14-20(15-25-23)17-9-10-17/h4,7,12-15,17H,5-6,8-11H2,1-3H3,(H,25,26)(H,27,28)/b7-4-. The molecular weight excluding hydrogens is 364 g/mol. The van der Waals surface area contributed by atoms with Crippen molar-refractivity contribution < 1.29 is 14.6 Å². The van der Waals surface area contributed by atoms with Crippen LogP contribution in [0.5, 0.6) is 0 Å². The smallest absolute Gasteiger partial charge is 0.339 e. The van der Waals surface area contributed by atoms with Crippen LogP contribution in [0.4, 0.5) is 11.5 Å². The van der Waals surface area contributed by atoms with Crippen molar-refractivity contribution in [2.24, 2.45) is 0 Å². The molecule has 0 aliphatic heterocycles. The minimum absolute atomic E-state index is 0.223. The molecule has 29 heavy (non-hydrogen) atoms. The highest BCUT2D eigenvalue weighted by Gasteiger charge is 2.26. The summed E-state index contributed by atoms with van der Waals surface area (Å²) in [7, 11) is 0. The molecule has 1 aliphatic carbocycles. The van der Waals surface area contributed by atoms with E-state index in [1.807, 2.05) is 26.0 Å². The van der Waals surface area contributed by atoms with E-state index >= 15 is 0 Å². The van der Waals surface area contributed by atoms with Crippen molar-refractivity contribution in [3.05, 3.63) is 58.3 Å². The van der Waals surface area contributed by atoms with Gasteiger partial charge in [0.25, 0.3) is 0 Å². The minimum atomic E-state index is -0.958. The SMILES string of the molecule is C/C=C\c1cc(Nc2ncc(C3CC3)cc2C(=O)O)cc(CCCOCC)c1C. The first-order valence-electron chi connectivity index (χ1n) is 10.4. The van der Waals surface area contributed by atoms with Gasteiger partial charge in [0.15, 0.2) is 0 Å². The second-order valence-electron chi connectivity index (χ2n) is 7.52. The van der Waals surface area contributed by atoms with E-state index < -0.39 is 5.97 Å². The maximum Gasteiger partial charge on any atom is 0.339 e. The molecule has 2 aromatic rings. The molecule has 0 saturated heterocycles. The Bertz CT molecular complexity index is 901. The zero-order valence-corrected chi connectivity index (χ0v) is 17.5. The summed E-state index contributed by atoms with van der Waals surface area (Å²) < 4.78 is 5.47. The summed E-state index contributed by atoms with van der Waals surface area (Å²) in [4.78, 5) is 16.2. The van der Waals surface area contributed by atoms with Gasteiger partial charge in [0, 0.05) is 25.1 Å². The Morgan fingerprint density at radius 3 is 2.79 bits per heavy atom. The van der Waals surface area contributed by atoms with Crippen LogP contribution in [0.25, 0.3) is 6.08 Å². The normalized spacial score (nSPS) is 13.8. The molecule has 154 valence electrons. The summed E-state index contributed by atoms with van der Waals surface area (Å²) in [5.41, 5.74) is 5.68. The molecule has 0 radical (unpaired) electrons. The van der Waals surface area contributed by atoms with Gasteiger partial charge in [-0.15, -0.1) is 0 Å². The van der Waals surface area contributed by atoms with Crippen molar-refractivity contribution in [2.45, 2.75) is 52.4 Å². The van der Waals surface area contributed by atoms with Crippen molar-refractivity contribution in [3.63, 3.8) is 0 Å². The van der Waals surface area contributed by atoms with Gasteiger partial charge in [-0.05, 0) is 92.8 Å². The van der Waals surface area contributed by atoms with E-state index in [2.05, 4.69) is 29.4 Å². The molecule has 1 aromatic carbocycles. The topological polar surface area (TPSA) is 71.5 Å². The molecule has 1 saturated carbocycles. The van der Waals surface area contributed by atoms with Crippen LogP contribution in [0.1, 0.15) is 71.6 Å². The van der Waals surface area contributed by atoms with E-state index in [0.29, 0.717) is 11.7 Å². The van der Waals surface area contributed by atoms with Crippen LogP contribution in [0.15, 0.2) is 30.5 Å². The molecule has 0 unspecified atom stereocenters. The van der Waals surface area contributed by atoms with Gasteiger partial charge in [-0.3, -0.25) is 0 Å². The van der Waals surface area contributed by atoms with Gasteiger partial charge in [-0.2, -0.15) is 0 Å². The molecule has 1 aliphatic rings. The average Bonchev–Trinajstić information content (AvgIpc) is 3.54. The zero-order valence-electron chi connectivity index (χ0n) is 17.5. The Morgan fingerprint density at radius 1 is 1.34 bits per heavy atom. The van der Waals surface area contributed by atoms with Gasteiger partial charge < -0.3 is 15.2 Å². The molecule has 1 aromatic heterocycles. The van der Waals surface area contributed by atoms with E-state index in [1.54, 1.807) is 12.3 Å². The lowest BCUT2D eigenvalue weighted by atomic mass is 9.97. The van der Waals surface area contributed by atoms with Crippen LogP contribution in [0.3, 0.4) is 0 Å². The van der Waals surface area contributed by atoms with Crippen molar-refractivity contribution in [3.8, 4) is 0 Å². The predicted molar refractivity (Wildman–Crippen MR) is 117 cm³/mol. The fourth-order valence-corrected chi connectivity index (χ4v) is 3.51. The molecule has 2 N–H and O–H groups in total. The largest absolute Gasteiger partial charge is 0.478 e. The number of hydrogen-bond acceptors (Lipinski definition) is 4. The van der Waals surface area contributed by atoms with Crippen molar-refractivity contribution in [2.75, 3.05) is 18.5 Å². The van der Waals surface area contributed by atoms with Crippen LogP contribution < -0.4 is 5.32 Å². The highest BCUT2D eigenvalue weighted by atomic mass is 16.5. The summed E-state index contributed by atoms with van der Waals surface area (Å²) in [6, 6.07) is 5.90. The third-order valence-corrected chi connectivity index (χ3v) is 5.29. The van der Waals surface area contributed by atoms with Crippen molar-refractivity contribution >= 4 is 23.6 Å². The quantitative estimate of drug-likeness (QED) is 0.505. The molecule has 3 rings (SSSR count). The number of nitrogens with zero attached hydrogens (tertiary/aromatic N) is 1. The summed E-state index contributed by atoms with van der Waals surface area (Å²) in [5.74, 6) is -0.107. The second kappa shape index (κ2) is 9.70. The van der Waals surface area contributed by atoms with Crippen LogP contribution in [-0.4, -0.2) is 29.3 Å². The molecule has 0 amide bonds. The molecule has 5 heteroatoms. The Labute approximate surface area is 172 Å². The number of ether oxygens (including phenoxy) is 1. The number of allylic oxidation sites excluding steroid dienone is 1. The third kappa shape index (κ3) is 5.45. The molecule has 0 spiro atoms. The average molecular weight is 395 g/mol. The molecule has 1 fully saturated rings.